The zero-order chi connectivity index (χ0) is 25.6. The summed E-state index contributed by atoms with van der Waals surface area (Å²) in [5.41, 5.74) is 9.90. The van der Waals surface area contributed by atoms with Crippen LogP contribution >= 0.6 is 0 Å². The van der Waals surface area contributed by atoms with Gasteiger partial charge in [0.1, 0.15) is 0 Å². The van der Waals surface area contributed by atoms with Crippen molar-refractivity contribution >= 4 is 0 Å². The highest BCUT2D eigenvalue weighted by Gasteiger charge is 2.08. The van der Waals surface area contributed by atoms with Crippen molar-refractivity contribution in [3.63, 3.8) is 0 Å². The van der Waals surface area contributed by atoms with Crippen LogP contribution in [0.5, 0.6) is 0 Å². The highest BCUT2D eigenvalue weighted by atomic mass is 14.9. The van der Waals surface area contributed by atoms with Crippen molar-refractivity contribution in [1.29, 1.82) is 0 Å². The SMILES string of the molecule is c1cc(-c2cc[n+](Cc3ccc(-c4ccc(C[n+]5ccc(-c6cc[nH+]cc6)cc5)cc4)cc3)cc2)cc[nH+]1. The fourth-order valence-electron chi connectivity index (χ4n) is 4.70. The lowest BCUT2D eigenvalue weighted by Crippen LogP contribution is -2.33. The van der Waals surface area contributed by atoms with Gasteiger partial charge in [-0.15, -0.1) is 0 Å². The Hall–Kier alpha value is -4.96. The van der Waals surface area contributed by atoms with Gasteiger partial charge in [0.15, 0.2) is 62.7 Å². The van der Waals surface area contributed by atoms with E-state index in [4.69, 9.17) is 0 Å². The zero-order valence-corrected chi connectivity index (χ0v) is 21.2. The fourth-order valence-corrected chi connectivity index (χ4v) is 4.70. The number of nitrogens with one attached hydrogen (secondary N) is 2. The minimum absolute atomic E-state index is 0.848. The molecule has 6 aromatic rings. The number of H-pyrrole nitrogens is 2. The number of nitrogens with zero attached hydrogens (tertiary/aromatic N) is 2. The number of hydrogen-bond donors (Lipinski definition) is 0. The van der Waals surface area contributed by atoms with Crippen molar-refractivity contribution in [3.8, 4) is 33.4 Å². The van der Waals surface area contributed by atoms with Crippen molar-refractivity contribution in [2.24, 2.45) is 0 Å². The van der Waals surface area contributed by atoms with Crippen molar-refractivity contribution in [2.75, 3.05) is 0 Å². The molecule has 4 aromatic heterocycles. The minimum atomic E-state index is 0.848. The van der Waals surface area contributed by atoms with Crippen molar-refractivity contribution in [1.82, 2.24) is 0 Å². The summed E-state index contributed by atoms with van der Waals surface area (Å²) in [6.07, 6.45) is 16.4. The Bertz CT molecular complexity index is 1470. The Balaban J connectivity index is 1.08. The molecular formula is C34H30N4+4. The Morgan fingerprint density at radius 1 is 0.342 bits per heavy atom. The van der Waals surface area contributed by atoms with Crippen LogP contribution in [-0.4, -0.2) is 0 Å². The Kier molecular flexibility index (Phi) is 6.77. The van der Waals surface area contributed by atoms with Gasteiger partial charge < -0.3 is 0 Å². The van der Waals surface area contributed by atoms with Crippen LogP contribution in [0.1, 0.15) is 11.1 Å². The van der Waals surface area contributed by atoms with E-state index in [0.717, 1.165) is 13.1 Å². The highest BCUT2D eigenvalue weighted by Crippen LogP contribution is 2.21. The van der Waals surface area contributed by atoms with Crippen molar-refractivity contribution < 1.29 is 19.1 Å². The molecule has 38 heavy (non-hydrogen) atoms. The molecule has 0 saturated heterocycles. The van der Waals surface area contributed by atoms with Crippen LogP contribution in [0, 0.1) is 0 Å². The van der Waals surface area contributed by atoms with Gasteiger partial charge in [0.25, 0.3) is 0 Å². The average molecular weight is 495 g/mol. The zero-order valence-electron chi connectivity index (χ0n) is 21.2. The molecule has 0 aliphatic rings. The number of rotatable bonds is 7. The molecule has 2 N–H and O–H groups in total. The van der Waals surface area contributed by atoms with E-state index in [0.29, 0.717) is 0 Å². The maximum Gasteiger partial charge on any atom is 0.173 e. The van der Waals surface area contributed by atoms with Gasteiger partial charge in [0.05, 0.1) is 0 Å². The number of pyridine rings is 4. The van der Waals surface area contributed by atoms with E-state index in [1.807, 2.05) is 24.8 Å². The van der Waals surface area contributed by atoms with Gasteiger partial charge in [-0.05, 0) is 33.4 Å². The second kappa shape index (κ2) is 11.0. The first-order chi connectivity index (χ1) is 18.8. The monoisotopic (exact) mass is 494 g/mol. The topological polar surface area (TPSA) is 36.0 Å². The highest BCUT2D eigenvalue weighted by molar-refractivity contribution is 5.64. The van der Waals surface area contributed by atoms with Crippen LogP contribution in [-0.2, 0) is 13.1 Å². The van der Waals surface area contributed by atoms with E-state index >= 15 is 0 Å². The number of benzene rings is 2. The van der Waals surface area contributed by atoms with Gasteiger partial charge in [-0.25, -0.2) is 19.1 Å². The number of aromatic nitrogens is 4. The first kappa shape index (κ1) is 23.4. The molecule has 0 aliphatic carbocycles. The normalized spacial score (nSPS) is 10.8. The molecule has 0 fully saturated rings. The Labute approximate surface area is 223 Å². The molecule has 0 saturated carbocycles. The van der Waals surface area contributed by atoms with Crippen LogP contribution in [0.25, 0.3) is 33.4 Å². The van der Waals surface area contributed by atoms with Crippen LogP contribution < -0.4 is 19.1 Å². The molecule has 0 atom stereocenters. The lowest BCUT2D eigenvalue weighted by atomic mass is 10.0. The van der Waals surface area contributed by atoms with Crippen LogP contribution in [0.15, 0.2) is 147 Å². The summed E-state index contributed by atoms with van der Waals surface area (Å²) in [6, 6.07) is 34.8. The molecule has 0 bridgehead atoms. The van der Waals surface area contributed by atoms with E-state index in [2.05, 4.69) is 141 Å². The van der Waals surface area contributed by atoms with Gasteiger partial charge in [-0.1, -0.05) is 48.5 Å². The van der Waals surface area contributed by atoms with Crippen molar-refractivity contribution in [2.45, 2.75) is 13.1 Å². The molecule has 2 aromatic carbocycles. The third kappa shape index (κ3) is 5.55. The number of hydrogen-bond acceptors (Lipinski definition) is 0. The minimum Gasteiger partial charge on any atom is -0.218 e. The van der Waals surface area contributed by atoms with Gasteiger partial charge in [0.2, 0.25) is 0 Å². The number of aromatic amines is 2. The molecule has 6 rings (SSSR count). The molecule has 4 heterocycles. The summed E-state index contributed by atoms with van der Waals surface area (Å²) in [7, 11) is 0. The van der Waals surface area contributed by atoms with Crippen LogP contribution in [0.2, 0.25) is 0 Å². The molecule has 0 spiro atoms. The lowest BCUT2D eigenvalue weighted by molar-refractivity contribution is -0.688. The predicted molar refractivity (Wildman–Crippen MR) is 147 cm³/mol. The van der Waals surface area contributed by atoms with Gasteiger partial charge in [-0.2, -0.15) is 0 Å². The first-order valence-corrected chi connectivity index (χ1v) is 12.9. The maximum absolute atomic E-state index is 3.07. The van der Waals surface area contributed by atoms with E-state index in [1.165, 1.54) is 44.5 Å². The van der Waals surface area contributed by atoms with Gasteiger partial charge >= 0.3 is 0 Å². The largest absolute Gasteiger partial charge is 0.218 e. The maximum atomic E-state index is 3.07. The van der Waals surface area contributed by atoms with E-state index in [-0.39, 0.29) is 0 Å². The summed E-state index contributed by atoms with van der Waals surface area (Å²) in [5.74, 6) is 0. The smallest absolute Gasteiger partial charge is 0.173 e. The molecule has 0 unspecified atom stereocenters. The molecule has 182 valence electrons. The summed E-state index contributed by atoms with van der Waals surface area (Å²) in [6.45, 7) is 1.70. The van der Waals surface area contributed by atoms with Crippen LogP contribution in [0.3, 0.4) is 0 Å². The van der Waals surface area contributed by atoms with Gasteiger partial charge in [-0.3, -0.25) is 0 Å². The summed E-state index contributed by atoms with van der Waals surface area (Å²) in [5, 5.41) is 0. The molecule has 0 aliphatic heterocycles. The lowest BCUT2D eigenvalue weighted by Gasteiger charge is -2.05. The van der Waals surface area contributed by atoms with E-state index in [1.54, 1.807) is 0 Å². The second-order valence-electron chi connectivity index (χ2n) is 9.49. The van der Waals surface area contributed by atoms with E-state index < -0.39 is 0 Å². The first-order valence-electron chi connectivity index (χ1n) is 12.9. The van der Waals surface area contributed by atoms with E-state index in [9.17, 15) is 0 Å². The Morgan fingerprint density at radius 2 is 0.632 bits per heavy atom. The molecule has 4 heteroatoms. The molecular weight excluding hydrogens is 464 g/mol. The van der Waals surface area contributed by atoms with Gasteiger partial charge in [0, 0.05) is 59.7 Å². The molecule has 0 amide bonds. The quantitative estimate of drug-likeness (QED) is 0.281. The fraction of sp³-hybridized carbons (Fsp3) is 0.0588. The molecule has 0 radical (unpaired) electrons. The third-order valence-electron chi connectivity index (χ3n) is 6.86. The predicted octanol–water partition coefficient (Wildman–Crippen LogP) is 4.99. The molecule has 4 nitrogen and oxygen atoms in total. The summed E-state index contributed by atoms with van der Waals surface area (Å²) in [4.78, 5) is 6.15. The van der Waals surface area contributed by atoms with Crippen molar-refractivity contribution in [3.05, 3.63) is 158 Å². The van der Waals surface area contributed by atoms with Crippen LogP contribution in [0.4, 0.5) is 0 Å². The Morgan fingerprint density at radius 3 is 0.974 bits per heavy atom. The summed E-state index contributed by atoms with van der Waals surface area (Å²) >= 11 is 0. The second-order valence-corrected chi connectivity index (χ2v) is 9.49. The third-order valence-corrected chi connectivity index (χ3v) is 6.86. The standard InChI is InChI=1S/C34H28N4/c1-5-29(6-2-27(1)25-37-21-13-33(14-22-37)31-9-17-35-18-10-31)30-7-3-28(4-8-30)26-38-23-15-34(16-24-38)32-11-19-36-20-12-32/h1-24H,25-26H2/q+2/p+2. The average Bonchev–Trinajstić information content (AvgIpc) is 3.00. The summed E-state index contributed by atoms with van der Waals surface area (Å²) < 4.78 is 4.43.